The first-order valence-electron chi connectivity index (χ1n) is 18.1. The molecule has 11 aromatic rings. The maximum absolute atomic E-state index is 5.50. The SMILES string of the molecule is C1=Cc2c(n3c4ccccc4c4c5c6c7ccccc7ccc6n(-c6nc(-c7ccc(-c8ccccc8)cc7)nc7ccccc67)c5cc2c43)CC1. The van der Waals surface area contributed by atoms with Gasteiger partial charge in [-0.2, -0.15) is 0 Å². The molecule has 0 radical (unpaired) electrons. The molecule has 0 aliphatic heterocycles. The molecule has 0 fully saturated rings. The third-order valence-electron chi connectivity index (χ3n) is 11.3. The Balaban J connectivity index is 1.25. The van der Waals surface area contributed by atoms with Crippen LogP contribution in [-0.2, 0) is 6.42 Å². The van der Waals surface area contributed by atoms with Crippen LogP contribution < -0.4 is 0 Å². The third-order valence-corrected chi connectivity index (χ3v) is 11.3. The summed E-state index contributed by atoms with van der Waals surface area (Å²) in [5, 5.41) is 9.97. The van der Waals surface area contributed by atoms with Crippen LogP contribution in [0.2, 0.25) is 0 Å². The molecule has 0 amide bonds. The minimum Gasteiger partial charge on any atom is -0.312 e. The number of hydrogen-bond acceptors (Lipinski definition) is 2. The Labute approximate surface area is 298 Å². The normalized spacial score (nSPS) is 13.2. The van der Waals surface area contributed by atoms with Crippen molar-refractivity contribution in [3.05, 3.63) is 163 Å². The standard InChI is InChI=1S/C48H30N4/c1-2-12-29(13-3-1)30-22-24-32(25-23-30)47-49-38-19-9-6-17-35(38)48(50-47)52-41-27-26-31-14-4-5-15-33(31)43(41)45-42(52)28-37-34-16-7-10-20-39(34)51-40-21-11-8-18-36(40)44(45)46(37)51/h1-9,11-19,21-28H,10,20H2. The van der Waals surface area contributed by atoms with E-state index in [9.17, 15) is 0 Å². The number of allylic oxidation sites excluding steroid dienone is 1. The highest BCUT2D eigenvalue weighted by atomic mass is 15.1. The lowest BCUT2D eigenvalue weighted by molar-refractivity contribution is 0.926. The Morgan fingerprint density at radius 2 is 1.23 bits per heavy atom. The molecule has 0 saturated carbocycles. The molecule has 242 valence electrons. The Kier molecular flexibility index (Phi) is 5.58. The summed E-state index contributed by atoms with van der Waals surface area (Å²) >= 11 is 0. The molecule has 4 nitrogen and oxygen atoms in total. The van der Waals surface area contributed by atoms with Gasteiger partial charge >= 0.3 is 0 Å². The van der Waals surface area contributed by atoms with Gasteiger partial charge in [0.1, 0.15) is 5.82 Å². The molecule has 1 aliphatic carbocycles. The van der Waals surface area contributed by atoms with E-state index in [1.807, 2.05) is 0 Å². The van der Waals surface area contributed by atoms with Crippen LogP contribution in [0.25, 0.3) is 105 Å². The fraction of sp³-hybridized carbons (Fsp3) is 0.0417. The lowest BCUT2D eigenvalue weighted by Gasteiger charge is -2.13. The first-order valence-corrected chi connectivity index (χ1v) is 18.1. The maximum atomic E-state index is 5.50. The molecule has 0 N–H and O–H groups in total. The molecule has 7 aromatic carbocycles. The number of fused-ring (bicyclic) bond motifs is 13. The highest BCUT2D eigenvalue weighted by Crippen LogP contribution is 2.48. The van der Waals surface area contributed by atoms with Crippen LogP contribution in [0.15, 0.2) is 152 Å². The van der Waals surface area contributed by atoms with Crippen molar-refractivity contribution in [3.63, 3.8) is 0 Å². The highest BCUT2D eigenvalue weighted by molar-refractivity contribution is 6.36. The summed E-state index contributed by atoms with van der Waals surface area (Å²) in [5.41, 5.74) is 11.9. The second kappa shape index (κ2) is 10.4. The van der Waals surface area contributed by atoms with Gasteiger partial charge in [-0.05, 0) is 65.1 Å². The van der Waals surface area contributed by atoms with Crippen molar-refractivity contribution >= 4 is 76.7 Å². The molecule has 4 heterocycles. The summed E-state index contributed by atoms with van der Waals surface area (Å²) in [4.78, 5) is 10.7. The molecule has 0 bridgehead atoms. The van der Waals surface area contributed by atoms with Gasteiger partial charge in [0, 0.05) is 49.1 Å². The molecule has 52 heavy (non-hydrogen) atoms. The Morgan fingerprint density at radius 1 is 0.500 bits per heavy atom. The van der Waals surface area contributed by atoms with Crippen molar-refractivity contribution in [2.24, 2.45) is 0 Å². The van der Waals surface area contributed by atoms with Gasteiger partial charge in [-0.3, -0.25) is 4.57 Å². The molecule has 4 heteroatoms. The minimum atomic E-state index is 0.714. The van der Waals surface area contributed by atoms with E-state index in [2.05, 4.69) is 167 Å². The average molecular weight is 663 g/mol. The quantitative estimate of drug-likeness (QED) is 0.189. The molecule has 4 aromatic heterocycles. The van der Waals surface area contributed by atoms with Gasteiger partial charge in [-0.25, -0.2) is 9.97 Å². The Morgan fingerprint density at radius 3 is 2.12 bits per heavy atom. The zero-order valence-corrected chi connectivity index (χ0v) is 28.2. The van der Waals surface area contributed by atoms with E-state index in [1.54, 1.807) is 0 Å². The largest absolute Gasteiger partial charge is 0.312 e. The second-order valence-electron chi connectivity index (χ2n) is 14.0. The Bertz CT molecular complexity index is 3270. The van der Waals surface area contributed by atoms with Gasteiger partial charge < -0.3 is 4.40 Å². The molecule has 12 rings (SSSR count). The lowest BCUT2D eigenvalue weighted by Crippen LogP contribution is -2.02. The predicted octanol–water partition coefficient (Wildman–Crippen LogP) is 12.2. The topological polar surface area (TPSA) is 35.1 Å². The van der Waals surface area contributed by atoms with Gasteiger partial charge in [0.15, 0.2) is 5.82 Å². The molecule has 0 saturated heterocycles. The predicted molar refractivity (Wildman–Crippen MR) is 217 cm³/mol. The zero-order chi connectivity index (χ0) is 33.9. The molecular weight excluding hydrogens is 633 g/mol. The van der Waals surface area contributed by atoms with E-state index in [0.717, 1.165) is 40.6 Å². The lowest BCUT2D eigenvalue weighted by atomic mass is 9.97. The van der Waals surface area contributed by atoms with Crippen molar-refractivity contribution in [3.8, 4) is 28.3 Å². The highest BCUT2D eigenvalue weighted by Gasteiger charge is 2.28. The van der Waals surface area contributed by atoms with E-state index in [4.69, 9.17) is 9.97 Å². The Hall–Kier alpha value is -6.78. The van der Waals surface area contributed by atoms with Crippen LogP contribution in [0.4, 0.5) is 0 Å². The molecule has 0 unspecified atom stereocenters. The van der Waals surface area contributed by atoms with Crippen molar-refractivity contribution in [2.75, 3.05) is 0 Å². The van der Waals surface area contributed by atoms with E-state index >= 15 is 0 Å². The summed E-state index contributed by atoms with van der Waals surface area (Å²) < 4.78 is 4.99. The number of hydrogen-bond donors (Lipinski definition) is 0. The number of aryl methyl sites for hydroxylation is 1. The maximum Gasteiger partial charge on any atom is 0.162 e. The van der Waals surface area contributed by atoms with Gasteiger partial charge in [0.05, 0.1) is 27.6 Å². The summed E-state index contributed by atoms with van der Waals surface area (Å²) in [7, 11) is 0. The fourth-order valence-electron chi connectivity index (χ4n) is 9.07. The van der Waals surface area contributed by atoms with E-state index < -0.39 is 0 Å². The molecular formula is C48H30N4. The summed E-state index contributed by atoms with van der Waals surface area (Å²) in [6, 6.07) is 52.4. The van der Waals surface area contributed by atoms with Crippen molar-refractivity contribution in [2.45, 2.75) is 12.8 Å². The first kappa shape index (κ1) is 28.0. The number of rotatable bonds is 3. The van der Waals surface area contributed by atoms with E-state index in [0.29, 0.717) is 5.82 Å². The van der Waals surface area contributed by atoms with Crippen LogP contribution >= 0.6 is 0 Å². The minimum absolute atomic E-state index is 0.714. The van der Waals surface area contributed by atoms with Crippen LogP contribution in [0.1, 0.15) is 17.7 Å². The molecule has 0 atom stereocenters. The summed E-state index contributed by atoms with van der Waals surface area (Å²) in [6.45, 7) is 0. The fourth-order valence-corrected chi connectivity index (χ4v) is 9.07. The molecule has 1 aliphatic rings. The van der Waals surface area contributed by atoms with Crippen LogP contribution in [0.5, 0.6) is 0 Å². The zero-order valence-electron chi connectivity index (χ0n) is 28.2. The van der Waals surface area contributed by atoms with Gasteiger partial charge in [0.2, 0.25) is 0 Å². The number of para-hydroxylation sites is 2. The number of aromatic nitrogens is 4. The number of benzene rings is 7. The van der Waals surface area contributed by atoms with E-state index in [1.165, 1.54) is 76.6 Å². The second-order valence-corrected chi connectivity index (χ2v) is 14.0. The van der Waals surface area contributed by atoms with E-state index in [-0.39, 0.29) is 0 Å². The summed E-state index contributed by atoms with van der Waals surface area (Å²) in [5.74, 6) is 1.61. The van der Waals surface area contributed by atoms with Crippen molar-refractivity contribution in [1.29, 1.82) is 0 Å². The van der Waals surface area contributed by atoms with Gasteiger partial charge in [0.25, 0.3) is 0 Å². The van der Waals surface area contributed by atoms with Gasteiger partial charge in [-0.1, -0.05) is 127 Å². The summed E-state index contributed by atoms with van der Waals surface area (Å²) in [6.07, 6.45) is 6.77. The average Bonchev–Trinajstić information content (AvgIpc) is 3.85. The number of nitrogens with zero attached hydrogens (tertiary/aromatic N) is 4. The van der Waals surface area contributed by atoms with Crippen molar-refractivity contribution < 1.29 is 0 Å². The van der Waals surface area contributed by atoms with Crippen LogP contribution in [-0.4, -0.2) is 18.9 Å². The van der Waals surface area contributed by atoms with Crippen LogP contribution in [0.3, 0.4) is 0 Å². The van der Waals surface area contributed by atoms with Crippen LogP contribution in [0, 0.1) is 0 Å². The smallest absolute Gasteiger partial charge is 0.162 e. The van der Waals surface area contributed by atoms with Gasteiger partial charge in [-0.15, -0.1) is 0 Å². The monoisotopic (exact) mass is 662 g/mol. The van der Waals surface area contributed by atoms with Crippen molar-refractivity contribution in [1.82, 2.24) is 18.9 Å². The third kappa shape index (κ3) is 3.70. The first-order chi connectivity index (χ1) is 25.8. The molecule has 0 spiro atoms.